The Hall–Kier alpha value is -0.570. The van der Waals surface area contributed by atoms with Crippen LogP contribution in [0, 0.1) is 22.7 Å². The molecule has 17 heavy (non-hydrogen) atoms. The fraction of sp³-hybridized carbons (Fsp3) is 0.929. The smallest absolute Gasteiger partial charge is 0.224 e. The van der Waals surface area contributed by atoms with Crippen molar-refractivity contribution in [2.24, 2.45) is 28.4 Å². The molecule has 0 aromatic carbocycles. The van der Waals surface area contributed by atoms with Crippen LogP contribution in [0.4, 0.5) is 0 Å². The van der Waals surface area contributed by atoms with E-state index in [0.717, 1.165) is 19.4 Å². The second-order valence-corrected chi connectivity index (χ2v) is 6.46. The minimum absolute atomic E-state index is 0.00928. The van der Waals surface area contributed by atoms with Crippen molar-refractivity contribution in [3.8, 4) is 0 Å². The average Bonchev–Trinajstić information content (AvgIpc) is 2.63. The van der Waals surface area contributed by atoms with Gasteiger partial charge in [-0.1, -0.05) is 41.0 Å². The predicted octanol–water partition coefficient (Wildman–Crippen LogP) is 2.16. The van der Waals surface area contributed by atoms with Gasteiger partial charge in [-0.2, -0.15) is 0 Å². The summed E-state index contributed by atoms with van der Waals surface area (Å²) in [4.78, 5) is 11.9. The van der Waals surface area contributed by atoms with Gasteiger partial charge in [0.15, 0.2) is 0 Å². The molecule has 0 heterocycles. The lowest BCUT2D eigenvalue weighted by atomic mass is 10.0. The predicted molar refractivity (Wildman–Crippen MR) is 71.5 cm³/mol. The highest BCUT2D eigenvalue weighted by molar-refractivity contribution is 5.78. The molecule has 0 aromatic heterocycles. The Morgan fingerprint density at radius 1 is 1.29 bits per heavy atom. The van der Waals surface area contributed by atoms with Crippen molar-refractivity contribution in [1.82, 2.24) is 5.32 Å². The van der Waals surface area contributed by atoms with E-state index in [2.05, 4.69) is 39.9 Å². The summed E-state index contributed by atoms with van der Waals surface area (Å²) in [5.74, 6) is 0.705. The summed E-state index contributed by atoms with van der Waals surface area (Å²) in [6.45, 7) is 12.4. The van der Waals surface area contributed by atoms with E-state index in [0.29, 0.717) is 23.3 Å². The van der Waals surface area contributed by atoms with Crippen LogP contribution in [0.5, 0.6) is 0 Å². The molecule has 0 spiro atoms. The number of carbonyl (C=O) groups excluding carboxylic acids is 1. The number of nitrogens with two attached hydrogens (primary N) is 1. The molecule has 0 bridgehead atoms. The molecule has 0 saturated heterocycles. The van der Waals surface area contributed by atoms with Gasteiger partial charge in [0.1, 0.15) is 0 Å². The molecule has 0 aliphatic heterocycles. The van der Waals surface area contributed by atoms with E-state index in [1.165, 1.54) is 0 Å². The number of rotatable bonds is 6. The molecule has 3 nitrogen and oxygen atoms in total. The molecule has 0 aromatic rings. The van der Waals surface area contributed by atoms with Gasteiger partial charge in [-0.15, -0.1) is 0 Å². The summed E-state index contributed by atoms with van der Waals surface area (Å²) in [7, 11) is 0. The maximum atomic E-state index is 11.9. The number of hydrogen-bond donors (Lipinski definition) is 2. The summed E-state index contributed by atoms with van der Waals surface area (Å²) in [5, 5.41) is 3.07. The van der Waals surface area contributed by atoms with Crippen LogP contribution in [0.15, 0.2) is 0 Å². The normalized spacial score (nSPS) is 23.2. The Balaban J connectivity index is 2.40. The molecule has 1 amide bonds. The first-order valence-corrected chi connectivity index (χ1v) is 6.76. The molecular formula is C14H28N2O. The summed E-state index contributed by atoms with van der Waals surface area (Å²) in [5.41, 5.74) is 6.30. The lowest BCUT2D eigenvalue weighted by molar-refractivity contribution is -0.125. The maximum Gasteiger partial charge on any atom is 0.224 e. The average molecular weight is 240 g/mol. The monoisotopic (exact) mass is 240 g/mol. The van der Waals surface area contributed by atoms with Gasteiger partial charge in [-0.3, -0.25) is 4.79 Å². The third kappa shape index (κ3) is 2.65. The van der Waals surface area contributed by atoms with Crippen LogP contribution in [-0.4, -0.2) is 19.0 Å². The minimum Gasteiger partial charge on any atom is -0.356 e. The first-order valence-electron chi connectivity index (χ1n) is 6.76. The molecule has 1 aliphatic carbocycles. The Bertz CT molecular complexity index is 270. The van der Waals surface area contributed by atoms with Crippen molar-refractivity contribution in [1.29, 1.82) is 0 Å². The second-order valence-electron chi connectivity index (χ2n) is 6.46. The van der Waals surface area contributed by atoms with E-state index in [9.17, 15) is 4.79 Å². The third-order valence-corrected chi connectivity index (χ3v) is 5.09. The Morgan fingerprint density at radius 2 is 1.82 bits per heavy atom. The number of amides is 1. The Labute approximate surface area is 106 Å². The fourth-order valence-electron chi connectivity index (χ4n) is 2.89. The van der Waals surface area contributed by atoms with Crippen molar-refractivity contribution in [2.45, 2.75) is 47.5 Å². The summed E-state index contributed by atoms with van der Waals surface area (Å²) < 4.78 is 0. The van der Waals surface area contributed by atoms with E-state index in [4.69, 9.17) is 5.73 Å². The lowest BCUT2D eigenvalue weighted by Gasteiger charge is -2.14. The summed E-state index contributed by atoms with van der Waals surface area (Å²) in [6.07, 6.45) is 1.90. The van der Waals surface area contributed by atoms with Gasteiger partial charge in [0, 0.05) is 13.1 Å². The Kier molecular flexibility index (Phi) is 4.23. The minimum atomic E-state index is -0.00928. The van der Waals surface area contributed by atoms with Crippen LogP contribution in [0.25, 0.3) is 0 Å². The first kappa shape index (κ1) is 14.5. The molecule has 1 aliphatic rings. The molecule has 0 radical (unpaired) electrons. The van der Waals surface area contributed by atoms with Gasteiger partial charge in [-0.25, -0.2) is 0 Å². The number of hydrogen-bond acceptors (Lipinski definition) is 2. The van der Waals surface area contributed by atoms with E-state index in [-0.39, 0.29) is 11.8 Å². The Morgan fingerprint density at radius 3 is 2.18 bits per heavy atom. The van der Waals surface area contributed by atoms with Crippen molar-refractivity contribution in [3.05, 3.63) is 0 Å². The molecule has 1 unspecified atom stereocenters. The highest BCUT2D eigenvalue weighted by Crippen LogP contribution is 2.67. The van der Waals surface area contributed by atoms with Crippen LogP contribution in [0.2, 0.25) is 0 Å². The number of carbonyl (C=O) groups is 1. The summed E-state index contributed by atoms with van der Waals surface area (Å²) in [6, 6.07) is 0. The number of nitrogens with one attached hydrogen (secondary N) is 1. The van der Waals surface area contributed by atoms with Gasteiger partial charge in [0.05, 0.1) is 5.92 Å². The topological polar surface area (TPSA) is 55.1 Å². The van der Waals surface area contributed by atoms with Crippen LogP contribution in [0.1, 0.15) is 47.5 Å². The van der Waals surface area contributed by atoms with E-state index in [1.54, 1.807) is 0 Å². The highest BCUT2D eigenvalue weighted by Gasteiger charge is 2.64. The van der Waals surface area contributed by atoms with Gasteiger partial charge in [0.2, 0.25) is 5.91 Å². The third-order valence-electron chi connectivity index (χ3n) is 5.09. The zero-order valence-electron chi connectivity index (χ0n) is 12.0. The van der Waals surface area contributed by atoms with Crippen molar-refractivity contribution < 1.29 is 4.79 Å². The zero-order chi connectivity index (χ0) is 13.3. The van der Waals surface area contributed by atoms with Crippen LogP contribution < -0.4 is 11.1 Å². The van der Waals surface area contributed by atoms with Crippen molar-refractivity contribution >= 4 is 5.91 Å². The summed E-state index contributed by atoms with van der Waals surface area (Å²) >= 11 is 0. The quantitative estimate of drug-likeness (QED) is 0.747. The zero-order valence-corrected chi connectivity index (χ0v) is 12.0. The lowest BCUT2D eigenvalue weighted by Crippen LogP contribution is -2.36. The largest absolute Gasteiger partial charge is 0.356 e. The molecular weight excluding hydrogens is 212 g/mol. The SMILES string of the molecule is CCCC(CN)C(=O)NCC1C(C)(C)C1(C)C. The first-order chi connectivity index (χ1) is 7.79. The standard InChI is InChI=1S/C14H28N2O/c1-6-7-10(8-15)12(17)16-9-11-13(2,3)14(11,4)5/h10-11H,6-9,15H2,1-5H3,(H,16,17). The molecule has 100 valence electrons. The molecule has 1 atom stereocenters. The highest BCUT2D eigenvalue weighted by atomic mass is 16.1. The van der Waals surface area contributed by atoms with E-state index >= 15 is 0 Å². The molecule has 1 rings (SSSR count). The van der Waals surface area contributed by atoms with Crippen LogP contribution in [0.3, 0.4) is 0 Å². The maximum absolute atomic E-state index is 11.9. The molecule has 1 fully saturated rings. The van der Waals surface area contributed by atoms with Gasteiger partial charge in [0.25, 0.3) is 0 Å². The van der Waals surface area contributed by atoms with Crippen LogP contribution in [-0.2, 0) is 4.79 Å². The molecule has 3 N–H and O–H groups in total. The fourth-order valence-corrected chi connectivity index (χ4v) is 2.89. The van der Waals surface area contributed by atoms with Crippen molar-refractivity contribution in [3.63, 3.8) is 0 Å². The second kappa shape index (κ2) is 4.97. The van der Waals surface area contributed by atoms with E-state index in [1.807, 2.05) is 0 Å². The van der Waals surface area contributed by atoms with Gasteiger partial charge in [-0.05, 0) is 23.2 Å². The van der Waals surface area contributed by atoms with Gasteiger partial charge < -0.3 is 11.1 Å². The van der Waals surface area contributed by atoms with Crippen molar-refractivity contribution in [2.75, 3.05) is 13.1 Å². The molecule has 1 saturated carbocycles. The molecule has 3 heteroatoms. The van der Waals surface area contributed by atoms with Crippen LogP contribution >= 0.6 is 0 Å². The van der Waals surface area contributed by atoms with E-state index < -0.39 is 0 Å². The van der Waals surface area contributed by atoms with Gasteiger partial charge >= 0.3 is 0 Å².